The highest BCUT2D eigenvalue weighted by atomic mass is 35.5. The monoisotopic (exact) mass is 555 g/mol. The van der Waals surface area contributed by atoms with Crippen LogP contribution in [0.25, 0.3) is 0 Å². The van der Waals surface area contributed by atoms with Crippen LogP contribution in [0.15, 0.2) is 83.8 Å². The minimum Gasteiger partial charge on any atom is -0.354 e. The smallest absolute Gasteiger partial charge is 0.264 e. The van der Waals surface area contributed by atoms with Crippen molar-refractivity contribution < 1.29 is 18.0 Å². The van der Waals surface area contributed by atoms with Crippen LogP contribution in [0.1, 0.15) is 31.9 Å². The third-order valence-electron chi connectivity index (χ3n) is 6.03. The van der Waals surface area contributed by atoms with Gasteiger partial charge in [0.15, 0.2) is 0 Å². The molecule has 0 radical (unpaired) electrons. The van der Waals surface area contributed by atoms with E-state index in [1.54, 1.807) is 43.3 Å². The molecule has 0 aromatic heterocycles. The van der Waals surface area contributed by atoms with Crippen molar-refractivity contribution in [1.29, 1.82) is 0 Å². The van der Waals surface area contributed by atoms with Crippen LogP contribution in [0.2, 0.25) is 5.02 Å². The number of rotatable bonds is 11. The zero-order chi connectivity index (χ0) is 27.9. The van der Waals surface area contributed by atoms with Gasteiger partial charge >= 0.3 is 0 Å². The van der Waals surface area contributed by atoms with Crippen molar-refractivity contribution in [3.8, 4) is 0 Å². The molecule has 7 nitrogen and oxygen atoms in total. The van der Waals surface area contributed by atoms with Gasteiger partial charge in [0.1, 0.15) is 12.6 Å². The van der Waals surface area contributed by atoms with Gasteiger partial charge in [-0.05, 0) is 55.7 Å². The van der Waals surface area contributed by atoms with E-state index in [-0.39, 0.29) is 29.0 Å². The number of benzene rings is 3. The minimum atomic E-state index is -4.12. The summed E-state index contributed by atoms with van der Waals surface area (Å²) < 4.78 is 28.5. The van der Waals surface area contributed by atoms with Gasteiger partial charge in [0, 0.05) is 18.1 Å². The number of carbonyl (C=O) groups excluding carboxylic acids is 2. The highest BCUT2D eigenvalue weighted by molar-refractivity contribution is 7.92. The van der Waals surface area contributed by atoms with Gasteiger partial charge < -0.3 is 10.2 Å². The number of halogens is 1. The first-order valence-corrected chi connectivity index (χ1v) is 14.3. The quantitative estimate of drug-likeness (QED) is 0.359. The minimum absolute atomic E-state index is 0.0422. The molecule has 3 rings (SSSR count). The Morgan fingerprint density at radius 2 is 1.58 bits per heavy atom. The summed E-state index contributed by atoms with van der Waals surface area (Å²) in [6, 6.07) is 21.1. The number of sulfonamides is 1. The van der Waals surface area contributed by atoms with E-state index in [1.807, 2.05) is 45.0 Å². The number of carbonyl (C=O) groups is 2. The number of anilines is 1. The van der Waals surface area contributed by atoms with Crippen LogP contribution >= 0.6 is 11.6 Å². The molecular weight excluding hydrogens is 522 g/mol. The molecule has 0 fully saturated rings. The molecule has 0 heterocycles. The van der Waals surface area contributed by atoms with Gasteiger partial charge in [-0.15, -0.1) is 0 Å². The predicted octanol–water partition coefficient (Wildman–Crippen LogP) is 5.03. The van der Waals surface area contributed by atoms with E-state index in [9.17, 15) is 18.0 Å². The lowest BCUT2D eigenvalue weighted by molar-refractivity contribution is -0.139. The van der Waals surface area contributed by atoms with E-state index in [0.717, 1.165) is 15.4 Å². The average molecular weight is 556 g/mol. The molecule has 0 aliphatic heterocycles. The maximum atomic E-state index is 13.9. The zero-order valence-electron chi connectivity index (χ0n) is 22.1. The first-order valence-electron chi connectivity index (χ1n) is 12.4. The number of nitrogens with one attached hydrogen (secondary N) is 1. The molecule has 1 unspecified atom stereocenters. The van der Waals surface area contributed by atoms with E-state index < -0.39 is 28.5 Å². The van der Waals surface area contributed by atoms with Crippen molar-refractivity contribution in [3.63, 3.8) is 0 Å². The Hall–Kier alpha value is -3.36. The lowest BCUT2D eigenvalue weighted by Crippen LogP contribution is -2.51. The highest BCUT2D eigenvalue weighted by Crippen LogP contribution is 2.26. The van der Waals surface area contributed by atoms with Crippen LogP contribution in [0, 0.1) is 12.8 Å². The van der Waals surface area contributed by atoms with E-state index >= 15 is 0 Å². The number of hydrogen-bond acceptors (Lipinski definition) is 4. The lowest BCUT2D eigenvalue weighted by atomic mass is 10.1. The molecule has 38 heavy (non-hydrogen) atoms. The molecule has 0 saturated carbocycles. The van der Waals surface area contributed by atoms with Crippen molar-refractivity contribution in [2.24, 2.45) is 5.92 Å². The Bertz CT molecular complexity index is 1350. The Morgan fingerprint density at radius 1 is 0.921 bits per heavy atom. The van der Waals surface area contributed by atoms with E-state index in [1.165, 1.54) is 23.1 Å². The number of nitrogens with zero attached hydrogens (tertiary/aromatic N) is 2. The Kier molecular flexibility index (Phi) is 9.94. The third kappa shape index (κ3) is 7.58. The molecule has 1 atom stereocenters. The van der Waals surface area contributed by atoms with Crippen LogP contribution < -0.4 is 9.62 Å². The van der Waals surface area contributed by atoms with Crippen molar-refractivity contribution in [3.05, 3.63) is 95.0 Å². The summed E-state index contributed by atoms with van der Waals surface area (Å²) in [6.07, 6.45) is 0. The van der Waals surface area contributed by atoms with Crippen molar-refractivity contribution >= 4 is 39.1 Å². The molecule has 202 valence electrons. The molecule has 0 saturated heterocycles. The summed E-state index contributed by atoms with van der Waals surface area (Å²) >= 11 is 6.19. The molecule has 0 spiro atoms. The lowest BCUT2D eigenvalue weighted by Gasteiger charge is -2.32. The van der Waals surface area contributed by atoms with Crippen molar-refractivity contribution in [2.45, 2.75) is 45.2 Å². The highest BCUT2D eigenvalue weighted by Gasteiger charge is 2.32. The van der Waals surface area contributed by atoms with Crippen LogP contribution in [-0.4, -0.2) is 44.3 Å². The van der Waals surface area contributed by atoms with Crippen molar-refractivity contribution in [1.82, 2.24) is 10.2 Å². The SMILES string of the molecule is Cc1ccc(CN(C(=O)CN(c2cccc(Cl)c2)S(=O)(=O)c2ccccc2)C(C)C(=O)NCC(C)C)cc1. The van der Waals surface area contributed by atoms with Gasteiger partial charge in [0.05, 0.1) is 10.6 Å². The van der Waals surface area contributed by atoms with Crippen LogP contribution in [0.5, 0.6) is 0 Å². The van der Waals surface area contributed by atoms with E-state index in [0.29, 0.717) is 11.6 Å². The van der Waals surface area contributed by atoms with Crippen molar-refractivity contribution in [2.75, 3.05) is 17.4 Å². The molecule has 3 aromatic rings. The number of amides is 2. The Balaban J connectivity index is 1.99. The predicted molar refractivity (Wildman–Crippen MR) is 151 cm³/mol. The summed E-state index contributed by atoms with van der Waals surface area (Å²) in [5.74, 6) is -0.585. The van der Waals surface area contributed by atoms with E-state index in [4.69, 9.17) is 11.6 Å². The largest absolute Gasteiger partial charge is 0.354 e. The first-order chi connectivity index (χ1) is 18.0. The van der Waals surface area contributed by atoms with Gasteiger partial charge in [-0.1, -0.05) is 79.5 Å². The normalized spacial score (nSPS) is 12.2. The van der Waals surface area contributed by atoms with Gasteiger partial charge in [0.2, 0.25) is 11.8 Å². The molecule has 2 amide bonds. The second kappa shape index (κ2) is 12.9. The van der Waals surface area contributed by atoms with Gasteiger partial charge in [-0.25, -0.2) is 8.42 Å². The summed E-state index contributed by atoms with van der Waals surface area (Å²) in [5.41, 5.74) is 2.14. The third-order valence-corrected chi connectivity index (χ3v) is 8.05. The molecule has 0 aliphatic carbocycles. The summed E-state index contributed by atoms with van der Waals surface area (Å²) in [5, 5.41) is 3.21. The number of hydrogen-bond donors (Lipinski definition) is 1. The van der Waals surface area contributed by atoms with Gasteiger partial charge in [-0.2, -0.15) is 0 Å². The number of aryl methyl sites for hydroxylation is 1. The fourth-order valence-corrected chi connectivity index (χ4v) is 5.42. The van der Waals surface area contributed by atoms with E-state index in [2.05, 4.69) is 5.32 Å². The van der Waals surface area contributed by atoms with Crippen LogP contribution in [0.4, 0.5) is 5.69 Å². The van der Waals surface area contributed by atoms with Gasteiger partial charge in [-0.3, -0.25) is 13.9 Å². The summed E-state index contributed by atoms with van der Waals surface area (Å²) in [4.78, 5) is 28.3. The molecular formula is C29H34ClN3O4S. The first kappa shape index (κ1) is 29.2. The summed E-state index contributed by atoms with van der Waals surface area (Å²) in [6.45, 7) is 7.68. The van der Waals surface area contributed by atoms with Crippen LogP contribution in [-0.2, 0) is 26.2 Å². The Morgan fingerprint density at radius 3 is 2.18 bits per heavy atom. The second-order valence-electron chi connectivity index (χ2n) is 9.63. The zero-order valence-corrected chi connectivity index (χ0v) is 23.7. The Labute approximate surface area is 230 Å². The standard InChI is InChI=1S/C29H34ClN3O4S/c1-21(2)18-31-29(35)23(4)32(19-24-15-13-22(3)14-16-24)28(34)20-33(26-10-8-9-25(30)17-26)38(36,37)27-11-6-5-7-12-27/h5-17,21,23H,18-20H2,1-4H3,(H,31,35). The topological polar surface area (TPSA) is 86.8 Å². The molecule has 9 heteroatoms. The molecule has 0 bridgehead atoms. The fraction of sp³-hybridized carbons (Fsp3) is 0.310. The molecule has 3 aromatic carbocycles. The maximum Gasteiger partial charge on any atom is 0.264 e. The van der Waals surface area contributed by atoms with Gasteiger partial charge in [0.25, 0.3) is 10.0 Å². The van der Waals surface area contributed by atoms with Crippen LogP contribution in [0.3, 0.4) is 0 Å². The maximum absolute atomic E-state index is 13.9. The summed E-state index contributed by atoms with van der Waals surface area (Å²) in [7, 11) is -4.12. The average Bonchev–Trinajstić information content (AvgIpc) is 2.89. The second-order valence-corrected chi connectivity index (χ2v) is 11.9. The molecule has 0 aliphatic rings. The molecule has 1 N–H and O–H groups in total. The fourth-order valence-electron chi connectivity index (χ4n) is 3.80.